The van der Waals surface area contributed by atoms with E-state index < -0.39 is 0 Å². The Kier molecular flexibility index (Phi) is 3.71. The Morgan fingerprint density at radius 1 is 1.35 bits per heavy atom. The molecule has 0 radical (unpaired) electrons. The lowest BCUT2D eigenvalue weighted by Crippen LogP contribution is -2.08. The van der Waals surface area contributed by atoms with Crippen LogP contribution in [0.1, 0.15) is 22.5 Å². The maximum absolute atomic E-state index is 11.5. The molecule has 0 spiro atoms. The fraction of sp³-hybridized carbons (Fsp3) is 0.400. The molecule has 0 aliphatic carbocycles. The quantitative estimate of drug-likeness (QED) is 0.869. The van der Waals surface area contributed by atoms with Crippen LogP contribution in [-0.2, 0) is 20.6 Å². The zero-order chi connectivity index (χ0) is 13.9. The van der Waals surface area contributed by atoms with E-state index in [1.165, 1.54) is 7.11 Å². The SMILES string of the molecule is COC(=O)c1ccc2cc(CCC3OCCO3)[nH]c2c1. The van der Waals surface area contributed by atoms with Crippen LogP contribution >= 0.6 is 0 Å². The average molecular weight is 275 g/mol. The Bertz CT molecular complexity index is 613. The van der Waals surface area contributed by atoms with E-state index in [0.29, 0.717) is 18.8 Å². The maximum Gasteiger partial charge on any atom is 0.337 e. The molecule has 0 bridgehead atoms. The second kappa shape index (κ2) is 5.64. The van der Waals surface area contributed by atoms with Crippen molar-refractivity contribution >= 4 is 16.9 Å². The molecule has 2 heterocycles. The summed E-state index contributed by atoms with van der Waals surface area (Å²) in [7, 11) is 1.38. The van der Waals surface area contributed by atoms with E-state index in [9.17, 15) is 4.79 Å². The van der Waals surface area contributed by atoms with Crippen molar-refractivity contribution < 1.29 is 19.0 Å². The molecular formula is C15H17NO4. The van der Waals surface area contributed by atoms with Gasteiger partial charge in [0, 0.05) is 17.6 Å². The number of aromatic nitrogens is 1. The summed E-state index contributed by atoms with van der Waals surface area (Å²) in [6.07, 6.45) is 1.59. The van der Waals surface area contributed by atoms with Crippen molar-refractivity contribution in [2.24, 2.45) is 0 Å². The molecule has 106 valence electrons. The van der Waals surface area contributed by atoms with Crippen LogP contribution in [0.3, 0.4) is 0 Å². The highest BCUT2D eigenvalue weighted by Crippen LogP contribution is 2.20. The van der Waals surface area contributed by atoms with Crippen molar-refractivity contribution in [1.82, 2.24) is 4.98 Å². The van der Waals surface area contributed by atoms with Gasteiger partial charge < -0.3 is 19.2 Å². The minimum absolute atomic E-state index is 0.0907. The summed E-state index contributed by atoms with van der Waals surface area (Å²) in [6, 6.07) is 7.59. The molecule has 20 heavy (non-hydrogen) atoms. The molecule has 1 aliphatic rings. The Hall–Kier alpha value is -1.85. The van der Waals surface area contributed by atoms with Gasteiger partial charge in [0.05, 0.1) is 25.9 Å². The van der Waals surface area contributed by atoms with E-state index in [2.05, 4.69) is 11.1 Å². The smallest absolute Gasteiger partial charge is 0.337 e. The number of ether oxygens (including phenoxy) is 3. The zero-order valence-electron chi connectivity index (χ0n) is 11.3. The van der Waals surface area contributed by atoms with Gasteiger partial charge in [-0.2, -0.15) is 0 Å². The average Bonchev–Trinajstić information content (AvgIpc) is 3.12. The third-order valence-corrected chi connectivity index (χ3v) is 3.44. The Morgan fingerprint density at radius 2 is 2.15 bits per heavy atom. The number of H-pyrrole nitrogens is 1. The number of methoxy groups -OCH3 is 1. The first-order chi connectivity index (χ1) is 9.76. The Labute approximate surface area is 116 Å². The number of aromatic amines is 1. The molecule has 3 rings (SSSR count). The normalized spacial score (nSPS) is 15.8. The standard InChI is InChI=1S/C15H17NO4/c1-18-15(17)11-3-2-10-8-12(16-13(10)9-11)4-5-14-19-6-7-20-14/h2-3,8-9,14,16H,4-7H2,1H3. The summed E-state index contributed by atoms with van der Waals surface area (Å²) in [5.74, 6) is -0.323. The van der Waals surface area contributed by atoms with Gasteiger partial charge in [0.1, 0.15) is 0 Å². The van der Waals surface area contributed by atoms with Crippen LogP contribution in [0.5, 0.6) is 0 Å². The number of benzene rings is 1. The molecule has 1 saturated heterocycles. The molecule has 0 atom stereocenters. The molecule has 1 N–H and O–H groups in total. The van der Waals surface area contributed by atoms with E-state index in [1.807, 2.05) is 12.1 Å². The summed E-state index contributed by atoms with van der Waals surface area (Å²) in [4.78, 5) is 14.8. The Morgan fingerprint density at radius 3 is 2.90 bits per heavy atom. The second-order valence-electron chi connectivity index (χ2n) is 4.80. The zero-order valence-corrected chi connectivity index (χ0v) is 11.3. The van der Waals surface area contributed by atoms with Gasteiger partial charge in [-0.1, -0.05) is 6.07 Å². The van der Waals surface area contributed by atoms with E-state index >= 15 is 0 Å². The lowest BCUT2D eigenvalue weighted by molar-refractivity contribution is -0.0463. The third-order valence-electron chi connectivity index (χ3n) is 3.44. The van der Waals surface area contributed by atoms with E-state index in [-0.39, 0.29) is 12.3 Å². The summed E-state index contributed by atoms with van der Waals surface area (Å²) < 4.78 is 15.6. The van der Waals surface area contributed by atoms with Gasteiger partial charge in [0.15, 0.2) is 6.29 Å². The number of aryl methyl sites for hydroxylation is 1. The number of rotatable bonds is 4. The van der Waals surface area contributed by atoms with Gasteiger partial charge in [-0.15, -0.1) is 0 Å². The molecule has 1 aromatic carbocycles. The highest BCUT2D eigenvalue weighted by Gasteiger charge is 2.16. The number of carbonyl (C=O) groups is 1. The van der Waals surface area contributed by atoms with Gasteiger partial charge in [0.2, 0.25) is 0 Å². The molecule has 0 unspecified atom stereocenters. The summed E-state index contributed by atoms with van der Waals surface area (Å²) in [5, 5.41) is 1.08. The lowest BCUT2D eigenvalue weighted by atomic mass is 10.1. The van der Waals surface area contributed by atoms with Crippen molar-refractivity contribution in [3.63, 3.8) is 0 Å². The van der Waals surface area contributed by atoms with E-state index in [1.54, 1.807) is 6.07 Å². The summed E-state index contributed by atoms with van der Waals surface area (Å²) >= 11 is 0. The van der Waals surface area contributed by atoms with Gasteiger partial charge in [-0.3, -0.25) is 0 Å². The van der Waals surface area contributed by atoms with Crippen molar-refractivity contribution in [2.75, 3.05) is 20.3 Å². The molecule has 0 saturated carbocycles. The minimum atomic E-state index is -0.323. The van der Waals surface area contributed by atoms with Crippen LogP contribution in [-0.4, -0.2) is 37.6 Å². The summed E-state index contributed by atoms with van der Waals surface area (Å²) in [5.41, 5.74) is 2.60. The van der Waals surface area contributed by atoms with Crippen LogP contribution in [0.4, 0.5) is 0 Å². The fourth-order valence-corrected chi connectivity index (χ4v) is 2.41. The summed E-state index contributed by atoms with van der Waals surface area (Å²) in [6.45, 7) is 1.36. The van der Waals surface area contributed by atoms with Crippen molar-refractivity contribution in [3.05, 3.63) is 35.5 Å². The largest absolute Gasteiger partial charge is 0.465 e. The first-order valence-electron chi connectivity index (χ1n) is 6.69. The molecular weight excluding hydrogens is 258 g/mol. The van der Waals surface area contributed by atoms with Gasteiger partial charge in [0.25, 0.3) is 0 Å². The highest BCUT2D eigenvalue weighted by atomic mass is 16.7. The third kappa shape index (κ3) is 2.69. The van der Waals surface area contributed by atoms with Gasteiger partial charge in [-0.05, 0) is 30.0 Å². The van der Waals surface area contributed by atoms with E-state index in [4.69, 9.17) is 14.2 Å². The van der Waals surface area contributed by atoms with Crippen LogP contribution in [0.15, 0.2) is 24.3 Å². The van der Waals surface area contributed by atoms with Crippen LogP contribution in [0, 0.1) is 0 Å². The van der Waals surface area contributed by atoms with Crippen LogP contribution < -0.4 is 0 Å². The number of hydrogen-bond donors (Lipinski definition) is 1. The molecule has 2 aromatic rings. The van der Waals surface area contributed by atoms with Crippen molar-refractivity contribution in [2.45, 2.75) is 19.1 Å². The molecule has 5 nitrogen and oxygen atoms in total. The molecule has 1 aliphatic heterocycles. The number of fused-ring (bicyclic) bond motifs is 1. The Balaban J connectivity index is 1.74. The van der Waals surface area contributed by atoms with Crippen LogP contribution in [0.2, 0.25) is 0 Å². The van der Waals surface area contributed by atoms with Crippen molar-refractivity contribution in [1.29, 1.82) is 0 Å². The number of hydrogen-bond acceptors (Lipinski definition) is 4. The number of nitrogens with one attached hydrogen (secondary N) is 1. The van der Waals surface area contributed by atoms with Crippen molar-refractivity contribution in [3.8, 4) is 0 Å². The first kappa shape index (κ1) is 13.1. The first-order valence-corrected chi connectivity index (χ1v) is 6.69. The highest BCUT2D eigenvalue weighted by molar-refractivity contribution is 5.94. The monoisotopic (exact) mass is 275 g/mol. The van der Waals surface area contributed by atoms with Gasteiger partial charge >= 0.3 is 5.97 Å². The topological polar surface area (TPSA) is 60.6 Å². The van der Waals surface area contributed by atoms with Crippen LogP contribution in [0.25, 0.3) is 10.9 Å². The predicted octanol–water partition coefficient (Wildman–Crippen LogP) is 2.26. The second-order valence-corrected chi connectivity index (χ2v) is 4.80. The maximum atomic E-state index is 11.5. The number of carbonyl (C=O) groups excluding carboxylic acids is 1. The molecule has 1 fully saturated rings. The van der Waals surface area contributed by atoms with E-state index in [0.717, 1.165) is 29.4 Å². The molecule has 5 heteroatoms. The van der Waals surface area contributed by atoms with Gasteiger partial charge in [-0.25, -0.2) is 4.79 Å². The molecule has 1 aromatic heterocycles. The number of esters is 1. The molecule has 0 amide bonds. The predicted molar refractivity (Wildman–Crippen MR) is 73.7 cm³/mol. The lowest BCUT2D eigenvalue weighted by Gasteiger charge is -2.06. The fourth-order valence-electron chi connectivity index (χ4n) is 2.41. The minimum Gasteiger partial charge on any atom is -0.465 e.